The standard InChI is InChI=1S/C19H23N3O4/c1-14-3-5-15(6-4-14)25-13-18(23)22-11-8-16(9-12-22)26-17-7-10-20-19(21-17)24-2/h3-7,10,16H,8-9,11-13H2,1-2H3. The summed E-state index contributed by atoms with van der Waals surface area (Å²) in [6.45, 7) is 3.35. The molecule has 1 amide bonds. The molecule has 26 heavy (non-hydrogen) atoms. The van der Waals surface area contributed by atoms with E-state index in [4.69, 9.17) is 14.2 Å². The highest BCUT2D eigenvalue weighted by Gasteiger charge is 2.24. The first kappa shape index (κ1) is 18.0. The third-order valence-electron chi connectivity index (χ3n) is 4.26. The van der Waals surface area contributed by atoms with Crippen LogP contribution in [-0.4, -0.2) is 53.7 Å². The summed E-state index contributed by atoms with van der Waals surface area (Å²) >= 11 is 0. The second-order valence-corrected chi connectivity index (χ2v) is 6.18. The van der Waals surface area contributed by atoms with Crippen molar-refractivity contribution in [1.82, 2.24) is 14.9 Å². The van der Waals surface area contributed by atoms with Crippen molar-refractivity contribution in [2.75, 3.05) is 26.8 Å². The lowest BCUT2D eigenvalue weighted by atomic mass is 10.1. The van der Waals surface area contributed by atoms with Gasteiger partial charge in [-0.1, -0.05) is 17.7 Å². The fraction of sp³-hybridized carbons (Fsp3) is 0.421. The van der Waals surface area contributed by atoms with Crippen molar-refractivity contribution in [3.8, 4) is 17.6 Å². The molecule has 1 aromatic heterocycles. The van der Waals surface area contributed by atoms with Gasteiger partial charge in [-0.3, -0.25) is 4.79 Å². The number of carbonyl (C=O) groups is 1. The van der Waals surface area contributed by atoms with E-state index in [1.807, 2.05) is 36.1 Å². The van der Waals surface area contributed by atoms with Gasteiger partial charge < -0.3 is 19.1 Å². The number of carbonyl (C=O) groups excluding carboxylic acids is 1. The molecule has 2 aromatic rings. The van der Waals surface area contributed by atoms with Gasteiger partial charge in [0.05, 0.1) is 7.11 Å². The SMILES string of the molecule is COc1nccc(OC2CCN(C(=O)COc3ccc(C)cc3)CC2)n1. The minimum atomic E-state index is -0.00673. The van der Waals surface area contributed by atoms with Crippen LogP contribution in [0.25, 0.3) is 0 Å². The van der Waals surface area contributed by atoms with Gasteiger partial charge in [0.2, 0.25) is 5.88 Å². The molecule has 138 valence electrons. The summed E-state index contributed by atoms with van der Waals surface area (Å²) < 4.78 is 16.4. The molecule has 0 N–H and O–H groups in total. The van der Waals surface area contributed by atoms with Crippen LogP contribution in [0.4, 0.5) is 0 Å². The number of amides is 1. The van der Waals surface area contributed by atoms with Crippen LogP contribution in [0.5, 0.6) is 17.6 Å². The molecule has 7 nitrogen and oxygen atoms in total. The van der Waals surface area contributed by atoms with Crippen molar-refractivity contribution >= 4 is 5.91 Å². The molecule has 0 atom stereocenters. The van der Waals surface area contributed by atoms with E-state index in [2.05, 4.69) is 9.97 Å². The quantitative estimate of drug-likeness (QED) is 0.789. The average molecular weight is 357 g/mol. The first-order chi connectivity index (χ1) is 12.6. The highest BCUT2D eigenvalue weighted by Crippen LogP contribution is 2.19. The molecule has 0 aliphatic carbocycles. The van der Waals surface area contributed by atoms with Gasteiger partial charge in [-0.15, -0.1) is 0 Å². The first-order valence-corrected chi connectivity index (χ1v) is 8.65. The van der Waals surface area contributed by atoms with Crippen molar-refractivity contribution in [2.45, 2.75) is 25.9 Å². The Balaban J connectivity index is 1.43. The molecule has 3 rings (SSSR count). The molecule has 0 bridgehead atoms. The fourth-order valence-corrected chi connectivity index (χ4v) is 2.75. The van der Waals surface area contributed by atoms with Crippen molar-refractivity contribution < 1.29 is 19.0 Å². The lowest BCUT2D eigenvalue weighted by molar-refractivity contribution is -0.135. The summed E-state index contributed by atoms with van der Waals surface area (Å²) in [4.78, 5) is 22.2. The summed E-state index contributed by atoms with van der Waals surface area (Å²) in [5, 5.41) is 0. The predicted octanol–water partition coefficient (Wildman–Crippen LogP) is 2.24. The van der Waals surface area contributed by atoms with Crippen molar-refractivity contribution in [1.29, 1.82) is 0 Å². The monoisotopic (exact) mass is 357 g/mol. The Kier molecular flexibility index (Phi) is 5.88. The summed E-state index contributed by atoms with van der Waals surface area (Å²) in [7, 11) is 1.52. The number of aryl methyl sites for hydroxylation is 1. The van der Waals surface area contributed by atoms with Gasteiger partial charge in [-0.05, 0) is 19.1 Å². The number of piperidine rings is 1. The predicted molar refractivity (Wildman–Crippen MR) is 95.5 cm³/mol. The third-order valence-corrected chi connectivity index (χ3v) is 4.26. The lowest BCUT2D eigenvalue weighted by Crippen LogP contribution is -2.43. The Morgan fingerprint density at radius 1 is 1.19 bits per heavy atom. The van der Waals surface area contributed by atoms with Gasteiger partial charge in [0.15, 0.2) is 6.61 Å². The van der Waals surface area contributed by atoms with E-state index < -0.39 is 0 Å². The number of likely N-dealkylation sites (tertiary alicyclic amines) is 1. The Bertz CT molecular complexity index is 728. The smallest absolute Gasteiger partial charge is 0.319 e. The molecule has 1 aromatic carbocycles. The van der Waals surface area contributed by atoms with Crippen molar-refractivity contribution in [2.24, 2.45) is 0 Å². The molecule has 1 aliphatic rings. The van der Waals surface area contributed by atoms with E-state index >= 15 is 0 Å². The Morgan fingerprint density at radius 2 is 1.92 bits per heavy atom. The lowest BCUT2D eigenvalue weighted by Gasteiger charge is -2.31. The van der Waals surface area contributed by atoms with Gasteiger partial charge in [-0.25, -0.2) is 4.98 Å². The minimum Gasteiger partial charge on any atom is -0.484 e. The maximum absolute atomic E-state index is 12.3. The number of aromatic nitrogens is 2. The van der Waals surface area contributed by atoms with Gasteiger partial charge >= 0.3 is 6.01 Å². The molecule has 1 aliphatic heterocycles. The normalized spacial score (nSPS) is 14.8. The number of benzene rings is 1. The molecular formula is C19H23N3O4. The van der Waals surface area contributed by atoms with Crippen LogP contribution in [-0.2, 0) is 4.79 Å². The average Bonchev–Trinajstić information content (AvgIpc) is 2.68. The number of ether oxygens (including phenoxy) is 3. The number of hydrogen-bond donors (Lipinski definition) is 0. The van der Waals surface area contributed by atoms with Crippen LogP contribution >= 0.6 is 0 Å². The van der Waals surface area contributed by atoms with Crippen LogP contribution in [0.1, 0.15) is 18.4 Å². The van der Waals surface area contributed by atoms with E-state index in [9.17, 15) is 4.79 Å². The van der Waals surface area contributed by atoms with Crippen LogP contribution in [0, 0.1) is 6.92 Å². The number of nitrogens with zero attached hydrogens (tertiary/aromatic N) is 3. The molecule has 2 heterocycles. The summed E-state index contributed by atoms with van der Waals surface area (Å²) in [5.41, 5.74) is 1.16. The van der Waals surface area contributed by atoms with E-state index in [1.165, 1.54) is 7.11 Å². The molecule has 0 unspecified atom stereocenters. The van der Waals surface area contributed by atoms with E-state index in [1.54, 1.807) is 12.3 Å². The molecule has 7 heteroatoms. The maximum atomic E-state index is 12.3. The zero-order valence-corrected chi connectivity index (χ0v) is 15.1. The molecule has 1 fully saturated rings. The Labute approximate surface area is 152 Å². The zero-order chi connectivity index (χ0) is 18.4. The summed E-state index contributed by atoms with van der Waals surface area (Å²) in [6.07, 6.45) is 3.13. The minimum absolute atomic E-state index is 0.00673. The van der Waals surface area contributed by atoms with Crippen LogP contribution in [0.15, 0.2) is 36.5 Å². The fourth-order valence-electron chi connectivity index (χ4n) is 2.75. The van der Waals surface area contributed by atoms with Gasteiger partial charge in [0, 0.05) is 38.2 Å². The van der Waals surface area contributed by atoms with Gasteiger partial charge in [0.1, 0.15) is 11.9 Å². The van der Waals surface area contributed by atoms with E-state index in [-0.39, 0.29) is 24.6 Å². The van der Waals surface area contributed by atoms with Crippen LogP contribution in [0.3, 0.4) is 0 Å². The second kappa shape index (κ2) is 8.51. The molecule has 0 spiro atoms. The zero-order valence-electron chi connectivity index (χ0n) is 15.1. The molecule has 1 saturated heterocycles. The van der Waals surface area contributed by atoms with E-state index in [0.29, 0.717) is 24.7 Å². The summed E-state index contributed by atoms with van der Waals surface area (Å²) in [6, 6.07) is 9.66. The highest BCUT2D eigenvalue weighted by molar-refractivity contribution is 5.77. The Hall–Kier alpha value is -2.83. The molecule has 0 saturated carbocycles. The van der Waals surface area contributed by atoms with Gasteiger partial charge in [0.25, 0.3) is 5.91 Å². The largest absolute Gasteiger partial charge is 0.484 e. The van der Waals surface area contributed by atoms with Gasteiger partial charge in [-0.2, -0.15) is 4.98 Å². The number of hydrogen-bond acceptors (Lipinski definition) is 6. The maximum Gasteiger partial charge on any atom is 0.319 e. The van der Waals surface area contributed by atoms with E-state index in [0.717, 1.165) is 18.4 Å². The second-order valence-electron chi connectivity index (χ2n) is 6.18. The molecule has 0 radical (unpaired) electrons. The summed E-state index contributed by atoms with van der Waals surface area (Å²) in [5.74, 6) is 1.19. The van der Waals surface area contributed by atoms with Crippen molar-refractivity contribution in [3.63, 3.8) is 0 Å². The third kappa shape index (κ3) is 4.84. The van der Waals surface area contributed by atoms with Crippen LogP contribution in [0.2, 0.25) is 0 Å². The molecular weight excluding hydrogens is 334 g/mol. The first-order valence-electron chi connectivity index (χ1n) is 8.65. The Morgan fingerprint density at radius 3 is 2.62 bits per heavy atom. The highest BCUT2D eigenvalue weighted by atomic mass is 16.5. The number of rotatable bonds is 6. The topological polar surface area (TPSA) is 73.8 Å². The number of methoxy groups -OCH3 is 1. The van der Waals surface area contributed by atoms with Crippen LogP contribution < -0.4 is 14.2 Å². The van der Waals surface area contributed by atoms with Crippen molar-refractivity contribution in [3.05, 3.63) is 42.1 Å².